The molecule has 0 bridgehead atoms. The number of rotatable bonds is 7. The molecule has 5 nitrogen and oxygen atoms in total. The molecule has 0 atom stereocenters. The fraction of sp³-hybridized carbons (Fsp3) is 0.0833. The molecule has 3 aromatic rings. The average molecular weight is 474 g/mol. The molecule has 170 valence electrons. The first-order valence-corrected chi connectivity index (χ1v) is 10.1. The molecule has 0 radical (unpaired) electrons. The van der Waals surface area contributed by atoms with Gasteiger partial charge in [-0.15, -0.1) is 0 Å². The smallest absolute Gasteiger partial charge is 0.392 e. The van der Waals surface area contributed by atoms with Crippen molar-refractivity contribution in [3.8, 4) is 0 Å². The molecule has 0 aliphatic heterocycles. The maximum Gasteiger partial charge on any atom is 0.432 e. The number of aliphatic hydroxyl groups is 1. The Morgan fingerprint density at radius 3 is 2.09 bits per heavy atom. The Labute approximate surface area is 193 Å². The number of anilines is 2. The highest BCUT2D eigenvalue weighted by Crippen LogP contribution is 2.27. The van der Waals surface area contributed by atoms with Gasteiger partial charge < -0.3 is 15.7 Å². The second-order valence-corrected chi connectivity index (χ2v) is 7.33. The van der Waals surface area contributed by atoms with Crippen molar-refractivity contribution in [3.05, 3.63) is 101 Å². The van der Waals surface area contributed by atoms with Gasteiger partial charge in [0, 0.05) is 22.5 Å². The molecule has 1 amide bonds. The van der Waals surface area contributed by atoms with Crippen LogP contribution in [0.15, 0.2) is 78.9 Å². The summed E-state index contributed by atoms with van der Waals surface area (Å²) >= 11 is 6.11. The lowest BCUT2D eigenvalue weighted by Gasteiger charge is -2.15. The second-order valence-electron chi connectivity index (χ2n) is 6.92. The lowest BCUT2D eigenvalue weighted by atomic mass is 10.1. The van der Waals surface area contributed by atoms with E-state index in [0.717, 1.165) is 0 Å². The summed E-state index contributed by atoms with van der Waals surface area (Å²) in [5, 5.41) is 22.6. The summed E-state index contributed by atoms with van der Waals surface area (Å²) in [6.45, 7) is -0.248. The number of para-hydroxylation sites is 2. The van der Waals surface area contributed by atoms with E-state index >= 15 is 0 Å². The molecule has 4 N–H and O–H groups in total. The van der Waals surface area contributed by atoms with Gasteiger partial charge in [0.15, 0.2) is 0 Å². The average Bonchev–Trinajstić information content (AvgIpc) is 2.79. The van der Waals surface area contributed by atoms with Gasteiger partial charge >= 0.3 is 6.18 Å². The molecule has 0 aromatic heterocycles. The normalized spacial score (nSPS) is 11.7. The molecular weight excluding hydrogens is 455 g/mol. The second kappa shape index (κ2) is 10.3. The number of carbonyl (C=O) groups excluding carboxylic acids is 1. The van der Waals surface area contributed by atoms with Crippen molar-refractivity contribution >= 4 is 40.3 Å². The first kappa shape index (κ1) is 24.0. The molecule has 0 heterocycles. The predicted octanol–water partition coefficient (Wildman–Crippen LogP) is 6.12. The van der Waals surface area contributed by atoms with Crippen LogP contribution in [0.3, 0.4) is 0 Å². The molecule has 0 aliphatic carbocycles. The van der Waals surface area contributed by atoms with E-state index in [1.807, 2.05) is 0 Å². The van der Waals surface area contributed by atoms with Crippen molar-refractivity contribution in [3.63, 3.8) is 0 Å². The van der Waals surface area contributed by atoms with E-state index < -0.39 is 17.8 Å². The van der Waals surface area contributed by atoms with Gasteiger partial charge in [0.05, 0.1) is 17.3 Å². The van der Waals surface area contributed by atoms with Crippen LogP contribution in [-0.4, -0.2) is 22.9 Å². The number of allylic oxidation sites excluding steroid dienone is 1. The van der Waals surface area contributed by atoms with Crippen molar-refractivity contribution in [1.82, 2.24) is 0 Å². The summed E-state index contributed by atoms with van der Waals surface area (Å²) in [4.78, 5) is 12.6. The monoisotopic (exact) mass is 473 g/mol. The molecule has 9 heteroatoms. The zero-order valence-corrected chi connectivity index (χ0v) is 17.8. The lowest BCUT2D eigenvalue weighted by Crippen LogP contribution is -2.20. The summed E-state index contributed by atoms with van der Waals surface area (Å²) < 4.78 is 39.0. The summed E-state index contributed by atoms with van der Waals surface area (Å²) in [7, 11) is 0. The standard InChI is InChI=1S/C24H19ClF3N3O2/c25-18-6-2-4-8-20(18)30-21(13-22(29)24(26,27)28)15-9-11-16(12-10-15)23(33)31-19-7-3-1-5-17(19)14-32/h1-13,29-30,32H,14H2,(H,31,33)/b21-13-,29-22?. The van der Waals surface area contributed by atoms with E-state index in [0.29, 0.717) is 33.6 Å². The summed E-state index contributed by atoms with van der Waals surface area (Å²) in [6, 6.07) is 19.1. The maximum atomic E-state index is 13.0. The van der Waals surface area contributed by atoms with Crippen molar-refractivity contribution in [1.29, 1.82) is 5.41 Å². The molecule has 3 rings (SSSR count). The van der Waals surface area contributed by atoms with E-state index in [1.54, 1.807) is 48.5 Å². The lowest BCUT2D eigenvalue weighted by molar-refractivity contribution is -0.0583. The van der Waals surface area contributed by atoms with E-state index in [4.69, 9.17) is 17.0 Å². The third-order valence-corrected chi connectivity index (χ3v) is 4.96. The number of benzene rings is 3. The maximum absolute atomic E-state index is 13.0. The Morgan fingerprint density at radius 2 is 1.48 bits per heavy atom. The molecular formula is C24H19ClF3N3O2. The minimum Gasteiger partial charge on any atom is -0.392 e. The van der Waals surface area contributed by atoms with Gasteiger partial charge in [-0.2, -0.15) is 13.2 Å². The fourth-order valence-electron chi connectivity index (χ4n) is 2.90. The highest BCUT2D eigenvalue weighted by Gasteiger charge is 2.33. The zero-order chi connectivity index (χ0) is 24.0. The first-order chi connectivity index (χ1) is 15.7. The molecule has 0 unspecified atom stereocenters. The van der Waals surface area contributed by atoms with Crippen LogP contribution in [0.1, 0.15) is 21.5 Å². The van der Waals surface area contributed by atoms with Crippen molar-refractivity contribution in [2.45, 2.75) is 12.8 Å². The van der Waals surface area contributed by atoms with Crippen LogP contribution in [0.5, 0.6) is 0 Å². The fourth-order valence-corrected chi connectivity index (χ4v) is 3.08. The van der Waals surface area contributed by atoms with Crippen LogP contribution in [0.2, 0.25) is 5.02 Å². The SMILES string of the molecule is N=C(/C=C(\Nc1ccccc1Cl)c1ccc(C(=O)Nc2ccccc2CO)cc1)C(F)(F)F. The highest BCUT2D eigenvalue weighted by atomic mass is 35.5. The number of nitrogens with one attached hydrogen (secondary N) is 3. The van der Waals surface area contributed by atoms with Gasteiger partial charge in [0.25, 0.3) is 5.91 Å². The third kappa shape index (κ3) is 6.21. The quantitative estimate of drug-likeness (QED) is 0.312. The van der Waals surface area contributed by atoms with Crippen LogP contribution >= 0.6 is 11.6 Å². The van der Waals surface area contributed by atoms with E-state index in [-0.39, 0.29) is 17.9 Å². The van der Waals surface area contributed by atoms with Gasteiger partial charge in [-0.1, -0.05) is 54.1 Å². The van der Waals surface area contributed by atoms with Crippen LogP contribution in [0.4, 0.5) is 24.5 Å². The van der Waals surface area contributed by atoms with Crippen molar-refractivity contribution in [2.75, 3.05) is 10.6 Å². The van der Waals surface area contributed by atoms with Gasteiger partial charge in [-0.3, -0.25) is 10.2 Å². The van der Waals surface area contributed by atoms with Gasteiger partial charge in [-0.05, 0) is 42.0 Å². The van der Waals surface area contributed by atoms with Crippen LogP contribution < -0.4 is 10.6 Å². The van der Waals surface area contributed by atoms with E-state index in [2.05, 4.69) is 10.6 Å². The van der Waals surface area contributed by atoms with Crippen LogP contribution in [0, 0.1) is 5.41 Å². The van der Waals surface area contributed by atoms with Gasteiger partial charge in [-0.25, -0.2) is 0 Å². The van der Waals surface area contributed by atoms with E-state index in [9.17, 15) is 23.1 Å². The van der Waals surface area contributed by atoms with Crippen molar-refractivity contribution in [2.24, 2.45) is 0 Å². The van der Waals surface area contributed by atoms with Crippen molar-refractivity contribution < 1.29 is 23.1 Å². The molecule has 0 fully saturated rings. The minimum atomic E-state index is -4.83. The topological polar surface area (TPSA) is 85.2 Å². The predicted molar refractivity (Wildman–Crippen MR) is 124 cm³/mol. The number of carbonyl (C=O) groups is 1. The number of aliphatic hydroxyl groups excluding tert-OH is 1. The minimum absolute atomic E-state index is 0.0111. The number of alkyl halides is 3. The number of hydrogen-bond donors (Lipinski definition) is 4. The zero-order valence-electron chi connectivity index (χ0n) is 17.1. The molecule has 3 aromatic carbocycles. The number of halogens is 4. The Bertz CT molecular complexity index is 1190. The summed E-state index contributed by atoms with van der Waals surface area (Å²) in [5.74, 6) is -0.449. The summed E-state index contributed by atoms with van der Waals surface area (Å²) in [6.07, 6.45) is -4.16. The Balaban J connectivity index is 1.88. The number of hydrogen-bond acceptors (Lipinski definition) is 4. The Hall–Kier alpha value is -3.62. The largest absolute Gasteiger partial charge is 0.432 e. The third-order valence-electron chi connectivity index (χ3n) is 4.63. The molecule has 0 aliphatic rings. The van der Waals surface area contributed by atoms with Gasteiger partial charge in [0.2, 0.25) is 0 Å². The Morgan fingerprint density at radius 1 is 0.909 bits per heavy atom. The molecule has 33 heavy (non-hydrogen) atoms. The van der Waals surface area contributed by atoms with Gasteiger partial charge in [0.1, 0.15) is 5.71 Å². The van der Waals surface area contributed by atoms with Crippen LogP contribution in [0.25, 0.3) is 5.70 Å². The molecule has 0 saturated heterocycles. The highest BCUT2D eigenvalue weighted by molar-refractivity contribution is 6.33. The number of amides is 1. The molecule has 0 spiro atoms. The van der Waals surface area contributed by atoms with Crippen LogP contribution in [-0.2, 0) is 6.61 Å². The first-order valence-electron chi connectivity index (χ1n) is 9.68. The Kier molecular flexibility index (Phi) is 7.52. The summed E-state index contributed by atoms with van der Waals surface area (Å²) in [5.41, 5.74) is 0.381. The molecule has 0 saturated carbocycles. The van der Waals surface area contributed by atoms with E-state index in [1.165, 1.54) is 24.3 Å².